The lowest BCUT2D eigenvalue weighted by Crippen LogP contribution is -2.48. The maximum atomic E-state index is 3.81. The van der Waals surface area contributed by atoms with E-state index in [1.54, 1.807) is 0 Å². The van der Waals surface area contributed by atoms with Crippen LogP contribution < -0.4 is 5.32 Å². The molecule has 0 bridgehead atoms. The van der Waals surface area contributed by atoms with Crippen LogP contribution in [0.4, 0.5) is 0 Å². The fraction of sp³-hybridized carbons (Fsp3) is 1.00. The van der Waals surface area contributed by atoms with Crippen molar-refractivity contribution in [2.75, 3.05) is 19.6 Å². The second kappa shape index (κ2) is 7.64. The van der Waals surface area contributed by atoms with Crippen molar-refractivity contribution in [3.8, 4) is 0 Å². The Kier molecular flexibility index (Phi) is 6.15. The van der Waals surface area contributed by atoms with Crippen molar-refractivity contribution in [2.45, 2.75) is 77.8 Å². The predicted octanol–water partition coefficient (Wildman–Crippen LogP) is 3.67. The van der Waals surface area contributed by atoms with E-state index in [2.05, 4.69) is 31.0 Å². The van der Waals surface area contributed by atoms with E-state index in [1.165, 1.54) is 64.6 Å². The van der Waals surface area contributed by atoms with Crippen LogP contribution in [-0.4, -0.2) is 36.6 Å². The lowest BCUT2D eigenvalue weighted by atomic mass is 9.83. The molecule has 2 rings (SSSR count). The minimum Gasteiger partial charge on any atom is -0.314 e. The number of nitrogens with one attached hydrogen (secondary N) is 1. The van der Waals surface area contributed by atoms with E-state index < -0.39 is 0 Å². The van der Waals surface area contributed by atoms with Gasteiger partial charge in [0.25, 0.3) is 0 Å². The van der Waals surface area contributed by atoms with Gasteiger partial charge in [0.2, 0.25) is 0 Å². The molecule has 2 nitrogen and oxygen atoms in total. The molecule has 1 heterocycles. The van der Waals surface area contributed by atoms with E-state index in [1.807, 2.05) is 0 Å². The van der Waals surface area contributed by atoms with Crippen LogP contribution >= 0.6 is 0 Å². The third-order valence-corrected chi connectivity index (χ3v) is 5.31. The van der Waals surface area contributed by atoms with Crippen molar-refractivity contribution in [3.05, 3.63) is 0 Å². The first kappa shape index (κ1) is 15.3. The Morgan fingerprint density at radius 1 is 1.11 bits per heavy atom. The second-order valence-corrected chi connectivity index (χ2v) is 7.08. The molecule has 2 aliphatic rings. The van der Waals surface area contributed by atoms with Crippen molar-refractivity contribution in [3.63, 3.8) is 0 Å². The summed E-state index contributed by atoms with van der Waals surface area (Å²) < 4.78 is 0. The van der Waals surface area contributed by atoms with Crippen molar-refractivity contribution in [2.24, 2.45) is 11.8 Å². The maximum Gasteiger partial charge on any atom is 0.0107 e. The molecule has 0 spiro atoms. The molecule has 0 aromatic heterocycles. The van der Waals surface area contributed by atoms with Crippen molar-refractivity contribution < 1.29 is 0 Å². The van der Waals surface area contributed by atoms with E-state index in [0.717, 1.165) is 23.9 Å². The van der Waals surface area contributed by atoms with E-state index in [4.69, 9.17) is 0 Å². The van der Waals surface area contributed by atoms with Gasteiger partial charge in [-0.3, -0.25) is 0 Å². The van der Waals surface area contributed by atoms with E-state index >= 15 is 0 Å². The highest BCUT2D eigenvalue weighted by molar-refractivity contribution is 4.86. The fourth-order valence-electron chi connectivity index (χ4n) is 4.05. The minimum atomic E-state index is 0.792. The highest BCUT2D eigenvalue weighted by atomic mass is 15.2. The second-order valence-electron chi connectivity index (χ2n) is 7.08. The Bertz CT molecular complexity index is 254. The van der Waals surface area contributed by atoms with Crippen LogP contribution in [0.2, 0.25) is 0 Å². The van der Waals surface area contributed by atoms with Gasteiger partial charge in [-0.25, -0.2) is 0 Å². The van der Waals surface area contributed by atoms with Crippen LogP contribution in [0, 0.1) is 11.8 Å². The third kappa shape index (κ3) is 4.46. The number of likely N-dealkylation sites (tertiary alicyclic amines) is 1. The highest BCUT2D eigenvalue weighted by Gasteiger charge is 2.30. The summed E-state index contributed by atoms with van der Waals surface area (Å²) in [6.45, 7) is 11.0. The smallest absolute Gasteiger partial charge is 0.0107 e. The van der Waals surface area contributed by atoms with Crippen LogP contribution in [0.3, 0.4) is 0 Å². The first-order valence-corrected chi connectivity index (χ1v) is 8.68. The molecular weight excluding hydrogens is 232 g/mol. The molecule has 1 aliphatic carbocycles. The van der Waals surface area contributed by atoms with Crippen LogP contribution in [0.15, 0.2) is 0 Å². The quantitative estimate of drug-likeness (QED) is 0.817. The summed E-state index contributed by atoms with van der Waals surface area (Å²) in [5, 5.41) is 3.81. The lowest BCUT2D eigenvalue weighted by Gasteiger charge is -2.41. The highest BCUT2D eigenvalue weighted by Crippen LogP contribution is 2.29. The largest absolute Gasteiger partial charge is 0.314 e. The number of hydrogen-bond acceptors (Lipinski definition) is 2. The molecule has 2 heteroatoms. The molecule has 4 unspecified atom stereocenters. The minimum absolute atomic E-state index is 0.792. The van der Waals surface area contributed by atoms with Gasteiger partial charge in [-0.15, -0.1) is 0 Å². The first-order chi connectivity index (χ1) is 9.20. The number of rotatable bonds is 5. The topological polar surface area (TPSA) is 15.3 Å². The molecule has 0 aromatic carbocycles. The SMILES string of the molecule is CCCNC1CCCCC1CN1CCC(C)CC1C. The Hall–Kier alpha value is -0.0800. The average Bonchev–Trinajstić information content (AvgIpc) is 2.41. The lowest BCUT2D eigenvalue weighted by molar-refractivity contribution is 0.0881. The van der Waals surface area contributed by atoms with E-state index in [-0.39, 0.29) is 0 Å². The number of piperidine rings is 1. The standard InChI is InChI=1S/C17H34N2/c1-4-10-18-17-8-6-5-7-16(17)13-19-11-9-14(2)12-15(19)3/h14-18H,4-13H2,1-3H3. The summed E-state index contributed by atoms with van der Waals surface area (Å²) in [5.74, 6) is 1.84. The summed E-state index contributed by atoms with van der Waals surface area (Å²) >= 11 is 0. The molecule has 112 valence electrons. The summed E-state index contributed by atoms with van der Waals surface area (Å²) in [4.78, 5) is 2.77. The fourth-order valence-corrected chi connectivity index (χ4v) is 4.05. The molecule has 19 heavy (non-hydrogen) atoms. The maximum absolute atomic E-state index is 3.81. The molecule has 1 aliphatic heterocycles. The van der Waals surface area contributed by atoms with E-state index in [9.17, 15) is 0 Å². The van der Waals surface area contributed by atoms with Gasteiger partial charge < -0.3 is 10.2 Å². The molecule has 0 amide bonds. The number of nitrogens with zero attached hydrogens (tertiary/aromatic N) is 1. The van der Waals surface area contributed by atoms with Gasteiger partial charge >= 0.3 is 0 Å². The molecule has 0 aromatic rings. The molecule has 2 fully saturated rings. The Labute approximate surface area is 120 Å². The Morgan fingerprint density at radius 2 is 1.89 bits per heavy atom. The number of hydrogen-bond donors (Lipinski definition) is 1. The first-order valence-electron chi connectivity index (χ1n) is 8.68. The summed E-state index contributed by atoms with van der Waals surface area (Å²) in [6.07, 6.45) is 9.81. The zero-order chi connectivity index (χ0) is 13.7. The van der Waals surface area contributed by atoms with Crippen LogP contribution in [0.25, 0.3) is 0 Å². The zero-order valence-corrected chi connectivity index (χ0v) is 13.3. The molecule has 1 N–H and O–H groups in total. The van der Waals surface area contributed by atoms with E-state index in [0.29, 0.717) is 0 Å². The van der Waals surface area contributed by atoms with Crippen LogP contribution in [0.1, 0.15) is 65.7 Å². The molecule has 1 saturated heterocycles. The van der Waals surface area contributed by atoms with Gasteiger partial charge in [0.15, 0.2) is 0 Å². The van der Waals surface area contributed by atoms with Gasteiger partial charge in [0.1, 0.15) is 0 Å². The van der Waals surface area contributed by atoms with Crippen molar-refractivity contribution >= 4 is 0 Å². The van der Waals surface area contributed by atoms with Crippen LogP contribution in [-0.2, 0) is 0 Å². The van der Waals surface area contributed by atoms with Crippen molar-refractivity contribution in [1.82, 2.24) is 10.2 Å². The normalized spacial score (nSPS) is 37.4. The Balaban J connectivity index is 1.84. The van der Waals surface area contributed by atoms with Gasteiger partial charge in [-0.05, 0) is 64.0 Å². The molecule has 0 radical (unpaired) electrons. The van der Waals surface area contributed by atoms with Crippen molar-refractivity contribution in [1.29, 1.82) is 0 Å². The molecular formula is C17H34N2. The summed E-state index contributed by atoms with van der Waals surface area (Å²) in [6, 6.07) is 1.60. The summed E-state index contributed by atoms with van der Waals surface area (Å²) in [5.41, 5.74) is 0. The van der Waals surface area contributed by atoms with Gasteiger partial charge in [-0.2, -0.15) is 0 Å². The monoisotopic (exact) mass is 266 g/mol. The van der Waals surface area contributed by atoms with Gasteiger partial charge in [-0.1, -0.05) is 26.7 Å². The Morgan fingerprint density at radius 3 is 2.63 bits per heavy atom. The van der Waals surface area contributed by atoms with Crippen LogP contribution in [0.5, 0.6) is 0 Å². The molecule has 1 saturated carbocycles. The average molecular weight is 266 g/mol. The molecule has 4 atom stereocenters. The van der Waals surface area contributed by atoms with Gasteiger partial charge in [0, 0.05) is 18.6 Å². The third-order valence-electron chi connectivity index (χ3n) is 5.31. The zero-order valence-electron chi connectivity index (χ0n) is 13.3. The summed E-state index contributed by atoms with van der Waals surface area (Å²) in [7, 11) is 0. The van der Waals surface area contributed by atoms with Gasteiger partial charge in [0.05, 0.1) is 0 Å². The predicted molar refractivity (Wildman–Crippen MR) is 83.5 cm³/mol.